The Bertz CT molecular complexity index is 970. The average Bonchev–Trinajstić information content (AvgIpc) is 3.23. The van der Waals surface area contributed by atoms with Gasteiger partial charge in [-0.05, 0) is 39.0 Å². The second kappa shape index (κ2) is 7.91. The SMILES string of the molecule is CCn1c(S[C@H](C)C(=O)Nc2ccc(F)c(F)c2)nnc1-c1ccoc1C. The van der Waals surface area contributed by atoms with Gasteiger partial charge in [0.2, 0.25) is 5.91 Å². The first-order valence-corrected chi connectivity index (χ1v) is 9.19. The molecule has 0 unspecified atom stereocenters. The molecule has 0 bridgehead atoms. The third kappa shape index (κ3) is 4.02. The minimum atomic E-state index is -1.01. The Kier molecular flexibility index (Phi) is 5.59. The van der Waals surface area contributed by atoms with Gasteiger partial charge < -0.3 is 14.3 Å². The Hall–Kier alpha value is -2.68. The molecule has 142 valence electrons. The minimum Gasteiger partial charge on any atom is -0.469 e. The van der Waals surface area contributed by atoms with Crippen molar-refractivity contribution in [1.82, 2.24) is 14.8 Å². The Labute approximate surface area is 159 Å². The molecule has 0 fully saturated rings. The van der Waals surface area contributed by atoms with E-state index in [1.807, 2.05) is 24.5 Å². The van der Waals surface area contributed by atoms with Crippen molar-refractivity contribution in [1.29, 1.82) is 0 Å². The summed E-state index contributed by atoms with van der Waals surface area (Å²) in [6.07, 6.45) is 1.59. The van der Waals surface area contributed by atoms with Gasteiger partial charge in [0.05, 0.1) is 17.1 Å². The van der Waals surface area contributed by atoms with E-state index in [0.717, 1.165) is 23.5 Å². The van der Waals surface area contributed by atoms with E-state index in [-0.39, 0.29) is 11.6 Å². The minimum absolute atomic E-state index is 0.193. The van der Waals surface area contributed by atoms with E-state index >= 15 is 0 Å². The molecule has 3 rings (SSSR count). The number of rotatable bonds is 6. The van der Waals surface area contributed by atoms with Crippen molar-refractivity contribution >= 4 is 23.4 Å². The zero-order valence-corrected chi connectivity index (χ0v) is 15.8. The number of hydrogen-bond donors (Lipinski definition) is 1. The zero-order valence-electron chi connectivity index (χ0n) is 15.0. The first-order valence-electron chi connectivity index (χ1n) is 8.31. The third-order valence-corrected chi connectivity index (χ3v) is 5.05. The molecule has 2 heterocycles. The van der Waals surface area contributed by atoms with Crippen molar-refractivity contribution in [3.8, 4) is 11.4 Å². The van der Waals surface area contributed by atoms with Crippen molar-refractivity contribution < 1.29 is 18.0 Å². The normalized spacial score (nSPS) is 12.2. The molecule has 9 heteroatoms. The summed E-state index contributed by atoms with van der Waals surface area (Å²) in [4.78, 5) is 12.4. The summed E-state index contributed by atoms with van der Waals surface area (Å²) in [5.74, 6) is -0.928. The van der Waals surface area contributed by atoms with Crippen LogP contribution in [0.5, 0.6) is 0 Å². The Morgan fingerprint density at radius 2 is 2.07 bits per heavy atom. The maximum atomic E-state index is 13.3. The lowest BCUT2D eigenvalue weighted by Crippen LogP contribution is -2.23. The number of amides is 1. The number of aromatic nitrogens is 3. The summed E-state index contributed by atoms with van der Waals surface area (Å²) < 4.78 is 33.5. The molecular weight excluding hydrogens is 374 g/mol. The second-order valence-corrected chi connectivity index (χ2v) is 7.13. The zero-order chi connectivity index (χ0) is 19.6. The number of carbonyl (C=O) groups excluding carboxylic acids is 1. The van der Waals surface area contributed by atoms with Crippen LogP contribution in [0.3, 0.4) is 0 Å². The highest BCUT2D eigenvalue weighted by Gasteiger charge is 2.22. The van der Waals surface area contributed by atoms with Gasteiger partial charge in [-0.1, -0.05) is 11.8 Å². The summed E-state index contributed by atoms with van der Waals surface area (Å²) in [5, 5.41) is 11.0. The molecule has 2 aromatic heterocycles. The molecule has 0 aliphatic heterocycles. The topological polar surface area (TPSA) is 73.0 Å². The maximum absolute atomic E-state index is 13.3. The first-order chi connectivity index (χ1) is 12.9. The number of carbonyl (C=O) groups is 1. The molecule has 0 aliphatic rings. The molecule has 1 aromatic carbocycles. The number of anilines is 1. The smallest absolute Gasteiger partial charge is 0.237 e. The lowest BCUT2D eigenvalue weighted by molar-refractivity contribution is -0.115. The van der Waals surface area contributed by atoms with E-state index in [4.69, 9.17) is 4.42 Å². The molecule has 3 aromatic rings. The lowest BCUT2D eigenvalue weighted by Gasteiger charge is -2.13. The molecule has 27 heavy (non-hydrogen) atoms. The number of hydrogen-bond acceptors (Lipinski definition) is 5. The van der Waals surface area contributed by atoms with Crippen molar-refractivity contribution in [2.75, 3.05) is 5.32 Å². The standard InChI is InChI=1S/C18H18F2N4O2S/c1-4-24-16(13-7-8-26-10(13)2)22-23-18(24)27-11(3)17(25)21-12-5-6-14(19)15(20)9-12/h5-9,11H,4H2,1-3H3,(H,21,25)/t11-/m1/s1. The van der Waals surface area contributed by atoms with Crippen LogP contribution < -0.4 is 5.32 Å². The van der Waals surface area contributed by atoms with Gasteiger partial charge in [-0.15, -0.1) is 10.2 Å². The summed E-state index contributed by atoms with van der Waals surface area (Å²) in [7, 11) is 0. The molecular formula is C18H18F2N4O2S. The maximum Gasteiger partial charge on any atom is 0.237 e. The van der Waals surface area contributed by atoms with Crippen LogP contribution in [-0.2, 0) is 11.3 Å². The molecule has 1 amide bonds. The van der Waals surface area contributed by atoms with Crippen molar-refractivity contribution in [3.05, 3.63) is 47.9 Å². The molecule has 1 N–H and O–H groups in total. The van der Waals surface area contributed by atoms with Crippen LogP contribution in [0, 0.1) is 18.6 Å². The van der Waals surface area contributed by atoms with E-state index in [9.17, 15) is 13.6 Å². The molecule has 1 atom stereocenters. The molecule has 0 spiro atoms. The van der Waals surface area contributed by atoms with Crippen LogP contribution in [-0.4, -0.2) is 25.9 Å². The number of halogens is 2. The van der Waals surface area contributed by atoms with Crippen molar-refractivity contribution in [3.63, 3.8) is 0 Å². The summed E-state index contributed by atoms with van der Waals surface area (Å²) >= 11 is 1.23. The summed E-state index contributed by atoms with van der Waals surface area (Å²) in [5.41, 5.74) is 1.04. The van der Waals surface area contributed by atoms with E-state index in [0.29, 0.717) is 17.5 Å². The molecule has 0 saturated carbocycles. The largest absolute Gasteiger partial charge is 0.469 e. The fraction of sp³-hybridized carbons (Fsp3) is 0.278. The summed E-state index contributed by atoms with van der Waals surface area (Å²) in [6.45, 7) is 6.12. The van der Waals surface area contributed by atoms with Crippen LogP contribution in [0.2, 0.25) is 0 Å². The Balaban J connectivity index is 1.74. The fourth-order valence-corrected chi connectivity index (χ4v) is 3.42. The Morgan fingerprint density at radius 3 is 2.70 bits per heavy atom. The van der Waals surface area contributed by atoms with Crippen LogP contribution in [0.15, 0.2) is 40.1 Å². The van der Waals surface area contributed by atoms with E-state index < -0.39 is 16.9 Å². The van der Waals surface area contributed by atoms with Crippen LogP contribution in [0.25, 0.3) is 11.4 Å². The van der Waals surface area contributed by atoms with E-state index in [1.54, 1.807) is 13.2 Å². The van der Waals surface area contributed by atoms with Crippen LogP contribution in [0.4, 0.5) is 14.5 Å². The van der Waals surface area contributed by atoms with Gasteiger partial charge in [-0.2, -0.15) is 0 Å². The number of aryl methyl sites for hydroxylation is 1. The molecule has 0 aliphatic carbocycles. The second-order valence-electron chi connectivity index (χ2n) is 5.82. The van der Waals surface area contributed by atoms with Crippen molar-refractivity contribution in [2.24, 2.45) is 0 Å². The van der Waals surface area contributed by atoms with Gasteiger partial charge in [0.25, 0.3) is 0 Å². The van der Waals surface area contributed by atoms with E-state index in [2.05, 4.69) is 15.5 Å². The fourth-order valence-electron chi connectivity index (χ4n) is 2.51. The predicted octanol–water partition coefficient (Wildman–Crippen LogP) is 4.26. The number of nitrogens with one attached hydrogen (secondary N) is 1. The first kappa shape index (κ1) is 19.1. The molecule has 0 radical (unpaired) electrons. The number of nitrogens with zero attached hydrogens (tertiary/aromatic N) is 3. The predicted molar refractivity (Wildman–Crippen MR) is 98.4 cm³/mol. The van der Waals surface area contributed by atoms with Crippen LogP contribution in [0.1, 0.15) is 19.6 Å². The third-order valence-electron chi connectivity index (χ3n) is 3.97. The molecule has 6 nitrogen and oxygen atoms in total. The average molecular weight is 392 g/mol. The van der Waals surface area contributed by atoms with Gasteiger partial charge in [-0.25, -0.2) is 8.78 Å². The highest BCUT2D eigenvalue weighted by atomic mass is 32.2. The van der Waals surface area contributed by atoms with Gasteiger partial charge in [0.15, 0.2) is 22.6 Å². The number of benzene rings is 1. The highest BCUT2D eigenvalue weighted by Crippen LogP contribution is 2.29. The lowest BCUT2D eigenvalue weighted by atomic mass is 10.2. The quantitative estimate of drug-likeness (QED) is 0.635. The van der Waals surface area contributed by atoms with Gasteiger partial charge in [-0.3, -0.25) is 4.79 Å². The van der Waals surface area contributed by atoms with Gasteiger partial charge in [0, 0.05) is 18.3 Å². The highest BCUT2D eigenvalue weighted by molar-refractivity contribution is 8.00. The Morgan fingerprint density at radius 1 is 1.30 bits per heavy atom. The van der Waals surface area contributed by atoms with E-state index in [1.165, 1.54) is 17.8 Å². The van der Waals surface area contributed by atoms with Crippen molar-refractivity contribution in [2.45, 2.75) is 37.7 Å². The van der Waals surface area contributed by atoms with Crippen LogP contribution >= 0.6 is 11.8 Å². The van der Waals surface area contributed by atoms with Gasteiger partial charge >= 0.3 is 0 Å². The number of thioether (sulfide) groups is 1. The monoisotopic (exact) mass is 392 g/mol. The summed E-state index contributed by atoms with van der Waals surface area (Å²) in [6, 6.07) is 5.04. The van der Waals surface area contributed by atoms with Gasteiger partial charge in [0.1, 0.15) is 5.76 Å². The number of furan rings is 1. The molecule has 0 saturated heterocycles.